The predicted molar refractivity (Wildman–Crippen MR) is 123 cm³/mol. The molecule has 1 saturated carbocycles. The van der Waals surface area contributed by atoms with Crippen LogP contribution in [-0.4, -0.2) is 46.4 Å². The highest BCUT2D eigenvalue weighted by Crippen LogP contribution is 2.53. The van der Waals surface area contributed by atoms with Gasteiger partial charge >= 0.3 is 5.97 Å². The molecule has 5 aliphatic rings. The number of para-hydroxylation sites is 1. The first-order valence-electron chi connectivity index (χ1n) is 12.0. The lowest BCUT2D eigenvalue weighted by atomic mass is 9.77. The van der Waals surface area contributed by atoms with Crippen molar-refractivity contribution in [1.29, 1.82) is 0 Å². The molecule has 1 fully saturated rings. The zero-order chi connectivity index (χ0) is 21.2. The van der Waals surface area contributed by atoms with E-state index in [-0.39, 0.29) is 0 Å². The van der Waals surface area contributed by atoms with Crippen molar-refractivity contribution in [3.8, 4) is 0 Å². The van der Waals surface area contributed by atoms with Crippen LogP contribution < -0.4 is 4.48 Å². The molecule has 5 nitrogen and oxygen atoms in total. The molecule has 1 N–H and O–H groups in total. The zero-order valence-corrected chi connectivity index (χ0v) is 18.3. The van der Waals surface area contributed by atoms with E-state index in [2.05, 4.69) is 48.4 Å². The van der Waals surface area contributed by atoms with Crippen LogP contribution in [0.4, 0.5) is 5.69 Å². The number of aliphatic carboxylic acids is 1. The molecule has 1 aromatic rings. The first-order valence-corrected chi connectivity index (χ1v) is 12.0. The van der Waals surface area contributed by atoms with Crippen LogP contribution >= 0.6 is 0 Å². The average Bonchev–Trinajstić information content (AvgIpc) is 3.32. The highest BCUT2D eigenvalue weighted by atomic mass is 16.4. The molecule has 162 valence electrons. The number of carbonyl (C=O) groups is 1. The third kappa shape index (κ3) is 2.78. The fourth-order valence-electron chi connectivity index (χ4n) is 7.35. The van der Waals surface area contributed by atoms with Gasteiger partial charge in [0.2, 0.25) is 0 Å². The number of hydrogen-bond donors (Lipinski definition) is 1. The van der Waals surface area contributed by atoms with Gasteiger partial charge < -0.3 is 10.0 Å². The quantitative estimate of drug-likeness (QED) is 0.563. The number of allylic oxidation sites excluding steroid dienone is 1. The van der Waals surface area contributed by atoms with Crippen LogP contribution in [0.5, 0.6) is 0 Å². The molecule has 0 amide bonds. The Bertz CT molecular complexity index is 1020. The van der Waals surface area contributed by atoms with Gasteiger partial charge in [0, 0.05) is 36.8 Å². The molecule has 0 radical (unpaired) electrons. The molecular weight excluding hydrogens is 386 g/mol. The number of benzene rings is 1. The molecule has 3 heterocycles. The highest BCUT2D eigenvalue weighted by molar-refractivity contribution is 6.37. The van der Waals surface area contributed by atoms with Gasteiger partial charge in [0.1, 0.15) is 23.6 Å². The second-order valence-electron chi connectivity index (χ2n) is 10.2. The summed E-state index contributed by atoms with van der Waals surface area (Å²) in [7, 11) is 0. The summed E-state index contributed by atoms with van der Waals surface area (Å²) in [6.45, 7) is 2.71. The molecule has 31 heavy (non-hydrogen) atoms. The van der Waals surface area contributed by atoms with Crippen molar-refractivity contribution < 1.29 is 9.90 Å². The van der Waals surface area contributed by atoms with Crippen LogP contribution in [0, 0.1) is 5.92 Å². The highest BCUT2D eigenvalue weighted by Gasteiger charge is 2.58. The number of rotatable bonds is 2. The van der Waals surface area contributed by atoms with Crippen molar-refractivity contribution in [2.45, 2.75) is 76.4 Å². The SMILES string of the molecule is CC1=CCC2C(C1)C1Cc3ccccc3[N+]1(C1CCCCC1)C=C1N=C(C(=O)O)CN12. The number of nitrogens with zero attached hydrogens (tertiary/aromatic N) is 3. The van der Waals surface area contributed by atoms with Gasteiger partial charge in [-0.15, -0.1) is 0 Å². The molecule has 5 heteroatoms. The zero-order valence-electron chi connectivity index (χ0n) is 18.3. The minimum Gasteiger partial charge on any atom is -0.477 e. The van der Waals surface area contributed by atoms with Gasteiger partial charge in [-0.2, -0.15) is 0 Å². The molecule has 2 aliphatic carbocycles. The van der Waals surface area contributed by atoms with Gasteiger partial charge in [0.15, 0.2) is 5.82 Å². The van der Waals surface area contributed by atoms with Crippen molar-refractivity contribution in [2.75, 3.05) is 6.54 Å². The smallest absolute Gasteiger partial charge is 0.352 e. The van der Waals surface area contributed by atoms with Crippen molar-refractivity contribution >= 4 is 17.4 Å². The van der Waals surface area contributed by atoms with E-state index in [4.69, 9.17) is 4.99 Å². The molecule has 4 atom stereocenters. The Morgan fingerprint density at radius 2 is 1.97 bits per heavy atom. The van der Waals surface area contributed by atoms with Crippen LogP contribution in [0.2, 0.25) is 0 Å². The third-order valence-corrected chi connectivity index (χ3v) is 8.66. The van der Waals surface area contributed by atoms with Crippen LogP contribution in [-0.2, 0) is 11.2 Å². The van der Waals surface area contributed by atoms with Crippen molar-refractivity contribution in [3.05, 3.63) is 53.5 Å². The monoisotopic (exact) mass is 418 g/mol. The van der Waals surface area contributed by atoms with E-state index < -0.39 is 5.97 Å². The number of carboxylic acids is 1. The number of hydrogen-bond acceptors (Lipinski definition) is 3. The lowest BCUT2D eigenvalue weighted by Gasteiger charge is -2.48. The van der Waals surface area contributed by atoms with Crippen molar-refractivity contribution in [2.24, 2.45) is 10.9 Å². The fraction of sp³-hybridized carbons (Fsp3) is 0.538. The van der Waals surface area contributed by atoms with E-state index in [9.17, 15) is 9.90 Å². The second-order valence-corrected chi connectivity index (χ2v) is 10.2. The molecule has 0 aromatic heterocycles. The van der Waals surface area contributed by atoms with E-state index in [1.54, 1.807) is 0 Å². The Morgan fingerprint density at radius 1 is 1.16 bits per heavy atom. The van der Waals surface area contributed by atoms with E-state index in [1.807, 2.05) is 0 Å². The maximum atomic E-state index is 11.8. The molecular formula is C26H32N3O2+. The minimum atomic E-state index is -0.879. The predicted octanol–water partition coefficient (Wildman–Crippen LogP) is 4.63. The number of fused-ring (bicyclic) bond motifs is 7. The molecule has 6 rings (SSSR count). The molecule has 3 aliphatic heterocycles. The van der Waals surface area contributed by atoms with E-state index in [0.29, 0.717) is 36.3 Å². The molecule has 4 unspecified atom stereocenters. The van der Waals surface area contributed by atoms with Gasteiger partial charge in [0.05, 0.1) is 12.6 Å². The first-order chi connectivity index (χ1) is 15.1. The summed E-state index contributed by atoms with van der Waals surface area (Å²) in [4.78, 5) is 18.9. The van der Waals surface area contributed by atoms with Gasteiger partial charge in [-0.3, -0.25) is 4.48 Å². The Balaban J connectivity index is 1.59. The normalized spacial score (nSPS) is 34.5. The summed E-state index contributed by atoms with van der Waals surface area (Å²) < 4.78 is 0.896. The van der Waals surface area contributed by atoms with E-state index >= 15 is 0 Å². The summed E-state index contributed by atoms with van der Waals surface area (Å²) >= 11 is 0. The Labute approximate surface area is 184 Å². The van der Waals surface area contributed by atoms with Crippen molar-refractivity contribution in [1.82, 2.24) is 9.38 Å². The topological polar surface area (TPSA) is 52.9 Å². The Kier molecular flexibility index (Phi) is 4.39. The number of carboxylic acid groups (broad SMARTS) is 1. The molecule has 0 spiro atoms. The number of quaternary nitrogens is 1. The van der Waals surface area contributed by atoms with Crippen LogP contribution in [0.3, 0.4) is 0 Å². The molecule has 1 aromatic carbocycles. The second kappa shape index (κ2) is 7.06. The van der Waals surface area contributed by atoms with Crippen LogP contribution in [0.15, 0.2) is 52.9 Å². The largest absolute Gasteiger partial charge is 0.477 e. The van der Waals surface area contributed by atoms with E-state index in [0.717, 1.165) is 29.6 Å². The average molecular weight is 419 g/mol. The maximum Gasteiger partial charge on any atom is 0.352 e. The van der Waals surface area contributed by atoms with Gasteiger partial charge in [-0.1, -0.05) is 36.3 Å². The van der Waals surface area contributed by atoms with E-state index in [1.165, 1.54) is 48.9 Å². The summed E-state index contributed by atoms with van der Waals surface area (Å²) in [6.07, 6.45) is 14.4. The summed E-state index contributed by atoms with van der Waals surface area (Å²) in [5.41, 5.74) is 4.71. The standard InChI is InChI=1S/C26H31N3O2/c1-17-11-12-22-20(13-17)24-14-18-7-5-6-10-23(18)29(24,19-8-3-2-4-9-19)16-25-27-21(26(30)31)15-28(22)25/h5-7,10-11,16,19-20,22,24H,2-4,8-9,12-15H2,1H3/p+1. The van der Waals surface area contributed by atoms with Gasteiger partial charge in [0.25, 0.3) is 0 Å². The Hall–Kier alpha value is -2.40. The third-order valence-electron chi connectivity index (χ3n) is 8.66. The minimum absolute atomic E-state index is 0.295. The van der Waals surface area contributed by atoms with Gasteiger partial charge in [-0.25, -0.2) is 9.79 Å². The number of aliphatic imine (C=N–C) groups is 1. The Morgan fingerprint density at radius 3 is 2.77 bits per heavy atom. The van der Waals surface area contributed by atoms with Crippen molar-refractivity contribution in [3.63, 3.8) is 0 Å². The lowest BCUT2D eigenvalue weighted by molar-refractivity contribution is -0.129. The van der Waals surface area contributed by atoms with Crippen LogP contribution in [0.25, 0.3) is 0 Å². The van der Waals surface area contributed by atoms with Crippen LogP contribution in [0.1, 0.15) is 57.4 Å². The summed E-state index contributed by atoms with van der Waals surface area (Å²) in [5.74, 6) is 0.539. The first kappa shape index (κ1) is 19.3. The summed E-state index contributed by atoms with van der Waals surface area (Å²) in [5, 5.41) is 9.73. The summed E-state index contributed by atoms with van der Waals surface area (Å²) in [6, 6.07) is 10.4. The molecule has 0 saturated heterocycles. The maximum absolute atomic E-state index is 11.8. The van der Waals surface area contributed by atoms with Gasteiger partial charge in [-0.05, 0) is 38.7 Å². The molecule has 0 bridgehead atoms. The fourth-order valence-corrected chi connectivity index (χ4v) is 7.35. The lowest BCUT2D eigenvalue weighted by Crippen LogP contribution is -2.61.